The molecule has 1 spiro atoms. The van der Waals surface area contributed by atoms with Crippen LogP contribution in [0.2, 0.25) is 0 Å². The van der Waals surface area contributed by atoms with Crippen LogP contribution in [0, 0.1) is 23.7 Å². The maximum absolute atomic E-state index is 13.0. The summed E-state index contributed by atoms with van der Waals surface area (Å²) in [6.45, 7) is 0.207. The van der Waals surface area contributed by atoms with Crippen LogP contribution < -0.4 is 0 Å². The van der Waals surface area contributed by atoms with E-state index in [9.17, 15) is 25.2 Å². The van der Waals surface area contributed by atoms with E-state index in [1.807, 2.05) is 0 Å². The maximum Gasteiger partial charge on any atom is 0.307 e. The van der Waals surface area contributed by atoms with Crippen molar-refractivity contribution in [2.45, 2.75) is 107 Å². The highest BCUT2D eigenvalue weighted by atomic mass is 16.4. The minimum Gasteiger partial charge on any atom is -0.508 e. The number of phenolic OH excluding ortho intramolecular Hbond substituents is 1. The highest BCUT2D eigenvalue weighted by molar-refractivity contribution is 5.75. The molecule has 0 radical (unpaired) electrons. The third kappa shape index (κ3) is 7.06. The average Bonchev–Trinajstić information content (AvgIpc) is 3.52. The van der Waals surface area contributed by atoms with Crippen LogP contribution in [0.1, 0.15) is 112 Å². The van der Waals surface area contributed by atoms with Crippen LogP contribution in [0.25, 0.3) is 6.08 Å². The molecular weight excluding hydrogens is 572 g/mol. The number of benzene rings is 2. The molecule has 0 aliphatic heterocycles. The summed E-state index contributed by atoms with van der Waals surface area (Å²) in [6, 6.07) is 14.4. The van der Waals surface area contributed by atoms with Gasteiger partial charge in [-0.3, -0.25) is 4.79 Å². The predicted octanol–water partition coefficient (Wildman–Crippen LogP) is 8.48. The molecule has 5 nitrogen and oxygen atoms in total. The van der Waals surface area contributed by atoms with Gasteiger partial charge >= 0.3 is 5.97 Å². The lowest BCUT2D eigenvalue weighted by Crippen LogP contribution is -2.51. The molecule has 7 atom stereocenters. The minimum absolute atomic E-state index is 0.0955. The fraction of sp³-hybridized carbons (Fsp3) is 0.537. The number of allylic oxidation sites excluding steroid dienone is 4. The summed E-state index contributed by atoms with van der Waals surface area (Å²) >= 11 is 0. The number of phenols is 1. The highest BCUT2D eigenvalue weighted by Gasteiger charge is 2.53. The molecule has 2 bridgehead atoms. The monoisotopic (exact) mass is 624 g/mol. The Hall–Kier alpha value is -3.15. The van der Waals surface area contributed by atoms with Gasteiger partial charge in [0.05, 0.1) is 18.6 Å². The summed E-state index contributed by atoms with van der Waals surface area (Å²) in [5.41, 5.74) is 5.21. The number of carboxylic acids is 1. The summed E-state index contributed by atoms with van der Waals surface area (Å²) < 4.78 is 0. The Balaban J connectivity index is 1.26. The molecule has 0 heterocycles. The first-order valence-electron chi connectivity index (χ1n) is 17.8. The Kier molecular flexibility index (Phi) is 10.5. The van der Waals surface area contributed by atoms with Gasteiger partial charge in [0.1, 0.15) is 5.75 Å². The zero-order valence-electron chi connectivity index (χ0n) is 27.2. The molecule has 1 saturated carbocycles. The second kappa shape index (κ2) is 14.7. The first kappa shape index (κ1) is 32.8. The highest BCUT2D eigenvalue weighted by Crippen LogP contribution is 2.55. The van der Waals surface area contributed by atoms with Gasteiger partial charge in [0, 0.05) is 5.41 Å². The topological polar surface area (TPSA) is 98.0 Å². The number of aliphatic hydroxyl groups excluding tert-OH is 2. The van der Waals surface area contributed by atoms with Gasteiger partial charge < -0.3 is 20.4 Å². The molecule has 4 aliphatic carbocycles. The van der Waals surface area contributed by atoms with Crippen LogP contribution >= 0.6 is 0 Å². The number of unbranched alkanes of at least 4 members (excludes halogenated alkanes) is 3. The number of aliphatic carboxylic acids is 1. The van der Waals surface area contributed by atoms with Gasteiger partial charge in [-0.1, -0.05) is 86.4 Å². The van der Waals surface area contributed by atoms with E-state index < -0.39 is 23.4 Å². The van der Waals surface area contributed by atoms with E-state index in [0.717, 1.165) is 49.7 Å². The number of hydrogen-bond donors (Lipinski definition) is 4. The fourth-order valence-corrected chi connectivity index (χ4v) is 9.38. The molecule has 0 amide bonds. The molecule has 7 unspecified atom stereocenters. The molecule has 4 aliphatic rings. The summed E-state index contributed by atoms with van der Waals surface area (Å²) in [5, 5.41) is 41.2. The number of fused-ring (bicyclic) bond motifs is 1. The van der Waals surface area contributed by atoms with Gasteiger partial charge in [-0.2, -0.15) is 0 Å². The fourth-order valence-electron chi connectivity index (χ4n) is 9.38. The summed E-state index contributed by atoms with van der Waals surface area (Å²) in [7, 11) is 0. The Labute approximate surface area is 274 Å². The van der Waals surface area contributed by atoms with Crippen molar-refractivity contribution >= 4 is 12.0 Å². The SMILES string of the molecule is O=C(O)C1CC=CCC(CCCCCCC2C=C(CO)CC2)C(c2ccc(O)cc2)Cc2ccc3c(c2)C12CC(O)CCC2C=C3. The number of aromatic hydroxyl groups is 1. The molecule has 1 fully saturated rings. The van der Waals surface area contributed by atoms with Crippen LogP contribution in [0.15, 0.2) is 72.3 Å². The Bertz CT molecular complexity index is 1440. The van der Waals surface area contributed by atoms with Gasteiger partial charge in [-0.25, -0.2) is 0 Å². The van der Waals surface area contributed by atoms with E-state index in [1.54, 1.807) is 12.1 Å². The summed E-state index contributed by atoms with van der Waals surface area (Å²) in [5.74, 6) is 0.288. The van der Waals surface area contributed by atoms with Gasteiger partial charge in [-0.15, -0.1) is 0 Å². The van der Waals surface area contributed by atoms with Crippen molar-refractivity contribution in [3.63, 3.8) is 0 Å². The van der Waals surface area contributed by atoms with Gasteiger partial charge in [0.25, 0.3) is 0 Å². The molecule has 2 aromatic carbocycles. The zero-order valence-corrected chi connectivity index (χ0v) is 27.2. The molecule has 6 rings (SSSR count). The zero-order chi connectivity index (χ0) is 32.1. The smallest absolute Gasteiger partial charge is 0.307 e. The van der Waals surface area contributed by atoms with Crippen LogP contribution in [0.4, 0.5) is 0 Å². The van der Waals surface area contributed by atoms with Crippen molar-refractivity contribution < 1.29 is 25.2 Å². The first-order chi connectivity index (χ1) is 22.4. The van der Waals surface area contributed by atoms with Crippen molar-refractivity contribution in [3.05, 3.63) is 94.6 Å². The standard InChI is InChI=1S/C41H52O5/c42-27-30-12-11-28(23-30)7-3-1-2-4-8-31-9-5-6-10-38(40(45)46)41-26-36(44)22-19-34(41)18-15-33-14-13-29(25-39(33)41)24-37(31)32-16-20-35(43)21-17-32/h5-6,13-18,20-21,23,25,28,31,34,36-38,42-44H,1-4,7-12,19,22,24,26-27H2,(H,45,46). The second-order valence-electron chi connectivity index (χ2n) is 14.6. The van der Waals surface area contributed by atoms with E-state index in [4.69, 9.17) is 0 Å². The summed E-state index contributed by atoms with van der Waals surface area (Å²) in [6.07, 6.45) is 24.1. The first-order valence-corrected chi connectivity index (χ1v) is 17.8. The lowest BCUT2D eigenvalue weighted by atomic mass is 9.52. The third-order valence-corrected chi connectivity index (χ3v) is 11.8. The summed E-state index contributed by atoms with van der Waals surface area (Å²) in [4.78, 5) is 13.0. The largest absolute Gasteiger partial charge is 0.508 e. The molecule has 4 N–H and O–H groups in total. The number of hydrogen-bond acceptors (Lipinski definition) is 4. The molecular formula is C41H52O5. The second-order valence-corrected chi connectivity index (χ2v) is 14.6. The number of aliphatic hydroxyl groups is 2. The van der Waals surface area contributed by atoms with Crippen molar-refractivity contribution in [1.82, 2.24) is 0 Å². The van der Waals surface area contributed by atoms with E-state index >= 15 is 0 Å². The Morgan fingerprint density at radius 3 is 2.46 bits per heavy atom. The number of carboxylic acid groups (broad SMARTS) is 1. The van der Waals surface area contributed by atoms with E-state index in [0.29, 0.717) is 31.1 Å². The predicted molar refractivity (Wildman–Crippen MR) is 184 cm³/mol. The van der Waals surface area contributed by atoms with E-state index in [2.05, 4.69) is 60.7 Å². The Morgan fingerprint density at radius 1 is 0.913 bits per heavy atom. The van der Waals surface area contributed by atoms with Crippen LogP contribution in [-0.4, -0.2) is 39.1 Å². The molecule has 5 heteroatoms. The van der Waals surface area contributed by atoms with E-state index in [1.165, 1.54) is 48.8 Å². The molecule has 246 valence electrons. The molecule has 0 saturated heterocycles. The van der Waals surface area contributed by atoms with Gasteiger partial charge in [-0.05, 0) is 128 Å². The van der Waals surface area contributed by atoms with Crippen molar-refractivity contribution in [1.29, 1.82) is 0 Å². The minimum atomic E-state index is -0.772. The van der Waals surface area contributed by atoms with Crippen LogP contribution in [0.5, 0.6) is 5.75 Å². The van der Waals surface area contributed by atoms with Gasteiger partial charge in [0.2, 0.25) is 0 Å². The van der Waals surface area contributed by atoms with Crippen molar-refractivity contribution in [3.8, 4) is 5.75 Å². The molecule has 0 aromatic heterocycles. The maximum atomic E-state index is 13.0. The number of rotatable bonds is 10. The average molecular weight is 625 g/mol. The number of carbonyl (C=O) groups is 1. The quantitative estimate of drug-likeness (QED) is 0.157. The molecule has 2 aromatic rings. The lowest BCUT2D eigenvalue weighted by molar-refractivity contribution is -0.146. The van der Waals surface area contributed by atoms with Crippen LogP contribution in [-0.2, 0) is 16.6 Å². The van der Waals surface area contributed by atoms with Crippen LogP contribution in [0.3, 0.4) is 0 Å². The van der Waals surface area contributed by atoms with E-state index in [-0.39, 0.29) is 24.2 Å². The molecule has 46 heavy (non-hydrogen) atoms. The normalized spacial score (nSPS) is 30.6. The van der Waals surface area contributed by atoms with Crippen molar-refractivity contribution in [2.75, 3.05) is 6.61 Å². The lowest BCUT2D eigenvalue weighted by Gasteiger charge is -2.51. The van der Waals surface area contributed by atoms with Crippen molar-refractivity contribution in [2.24, 2.45) is 23.7 Å². The van der Waals surface area contributed by atoms with Gasteiger partial charge in [0.15, 0.2) is 0 Å². The Morgan fingerprint density at radius 2 is 1.70 bits per heavy atom. The third-order valence-electron chi connectivity index (χ3n) is 11.8.